The first-order valence-corrected chi connectivity index (χ1v) is 9.38. The maximum Gasteiger partial charge on any atom is 0.266 e. The van der Waals surface area contributed by atoms with Gasteiger partial charge in [-0.25, -0.2) is 0 Å². The molecule has 0 fully saturated rings. The van der Waals surface area contributed by atoms with Gasteiger partial charge in [-0.3, -0.25) is 4.79 Å². The van der Waals surface area contributed by atoms with Gasteiger partial charge in [0, 0.05) is 10.7 Å². The molecule has 0 radical (unpaired) electrons. The van der Waals surface area contributed by atoms with Crippen molar-refractivity contribution in [1.29, 1.82) is 5.26 Å². The molecular formula is C24H19ClN2O2. The van der Waals surface area contributed by atoms with Gasteiger partial charge in [0.05, 0.1) is 0 Å². The number of nitrogens with zero attached hydrogens (tertiary/aromatic N) is 1. The highest BCUT2D eigenvalue weighted by molar-refractivity contribution is 6.30. The SMILES string of the molecule is Cc1cccc(COc2ccc(/C=C(/C#N)C(=O)Nc3ccc(Cl)cc3)cc2)c1. The first-order valence-electron chi connectivity index (χ1n) is 9.00. The molecule has 0 atom stereocenters. The molecule has 3 aromatic rings. The Kier molecular flexibility index (Phi) is 6.67. The van der Waals surface area contributed by atoms with Crippen molar-refractivity contribution in [2.24, 2.45) is 0 Å². The molecule has 144 valence electrons. The molecule has 3 rings (SSSR count). The average molecular weight is 403 g/mol. The molecule has 5 heteroatoms. The Morgan fingerprint density at radius 1 is 1.10 bits per heavy atom. The third-order valence-corrected chi connectivity index (χ3v) is 4.40. The summed E-state index contributed by atoms with van der Waals surface area (Å²) in [5.74, 6) is 0.238. The molecule has 0 aromatic heterocycles. The van der Waals surface area contributed by atoms with Crippen molar-refractivity contribution in [2.75, 3.05) is 5.32 Å². The summed E-state index contributed by atoms with van der Waals surface area (Å²) in [4.78, 5) is 12.3. The number of halogens is 1. The minimum absolute atomic E-state index is 0.00776. The summed E-state index contributed by atoms with van der Waals surface area (Å²) >= 11 is 5.84. The van der Waals surface area contributed by atoms with Crippen LogP contribution in [0.3, 0.4) is 0 Å². The minimum atomic E-state index is -0.477. The van der Waals surface area contributed by atoms with Crippen molar-refractivity contribution in [3.8, 4) is 11.8 Å². The van der Waals surface area contributed by atoms with Crippen LogP contribution < -0.4 is 10.1 Å². The van der Waals surface area contributed by atoms with Gasteiger partial charge in [-0.05, 0) is 60.5 Å². The topological polar surface area (TPSA) is 62.1 Å². The van der Waals surface area contributed by atoms with Gasteiger partial charge in [0.1, 0.15) is 24.0 Å². The van der Waals surface area contributed by atoms with Gasteiger partial charge in [0.25, 0.3) is 5.91 Å². The summed E-state index contributed by atoms with van der Waals surface area (Å²) in [6, 6.07) is 24.0. The highest BCUT2D eigenvalue weighted by atomic mass is 35.5. The summed E-state index contributed by atoms with van der Waals surface area (Å²) in [6.07, 6.45) is 1.54. The van der Waals surface area contributed by atoms with Crippen LogP contribution >= 0.6 is 11.6 Å². The number of hydrogen-bond acceptors (Lipinski definition) is 3. The quantitative estimate of drug-likeness (QED) is 0.420. The van der Waals surface area contributed by atoms with E-state index >= 15 is 0 Å². The standard InChI is InChI=1S/C24H19ClN2O2/c1-17-3-2-4-19(13-17)16-29-23-11-5-18(6-12-23)14-20(15-26)24(28)27-22-9-7-21(25)8-10-22/h2-14H,16H2,1H3,(H,27,28)/b20-14-. The zero-order chi connectivity index (χ0) is 20.6. The van der Waals surface area contributed by atoms with Crippen LogP contribution in [0.2, 0.25) is 5.02 Å². The molecule has 3 aromatic carbocycles. The Hall–Kier alpha value is -3.55. The average Bonchev–Trinajstić information content (AvgIpc) is 2.73. The van der Waals surface area contributed by atoms with Gasteiger partial charge in [0.15, 0.2) is 0 Å². The maximum atomic E-state index is 12.3. The molecule has 1 amide bonds. The number of benzene rings is 3. The van der Waals surface area contributed by atoms with Crippen LogP contribution in [0, 0.1) is 18.3 Å². The lowest BCUT2D eigenvalue weighted by Gasteiger charge is -2.07. The molecule has 0 spiro atoms. The van der Waals surface area contributed by atoms with E-state index in [0.717, 1.165) is 11.1 Å². The van der Waals surface area contributed by atoms with Gasteiger partial charge in [-0.2, -0.15) is 5.26 Å². The summed E-state index contributed by atoms with van der Waals surface area (Å²) in [6.45, 7) is 2.52. The molecule has 29 heavy (non-hydrogen) atoms. The van der Waals surface area contributed by atoms with E-state index in [0.29, 0.717) is 23.1 Å². The van der Waals surface area contributed by atoms with Crippen molar-refractivity contribution >= 4 is 29.3 Å². The van der Waals surface area contributed by atoms with Gasteiger partial charge in [0.2, 0.25) is 0 Å². The maximum absolute atomic E-state index is 12.3. The molecule has 0 heterocycles. The summed E-state index contributed by atoms with van der Waals surface area (Å²) in [5, 5.41) is 12.6. The van der Waals surface area contributed by atoms with E-state index in [9.17, 15) is 10.1 Å². The fourth-order valence-electron chi connectivity index (χ4n) is 2.68. The molecule has 0 unspecified atom stereocenters. The third-order valence-electron chi connectivity index (χ3n) is 4.15. The lowest BCUT2D eigenvalue weighted by molar-refractivity contribution is -0.112. The lowest BCUT2D eigenvalue weighted by Crippen LogP contribution is -2.13. The van der Waals surface area contributed by atoms with E-state index in [1.165, 1.54) is 11.6 Å². The molecule has 0 aliphatic carbocycles. The monoisotopic (exact) mass is 402 g/mol. The molecular weight excluding hydrogens is 384 g/mol. The largest absolute Gasteiger partial charge is 0.489 e. The molecule has 0 saturated carbocycles. The van der Waals surface area contributed by atoms with Crippen molar-refractivity contribution in [2.45, 2.75) is 13.5 Å². The fourth-order valence-corrected chi connectivity index (χ4v) is 2.80. The summed E-state index contributed by atoms with van der Waals surface area (Å²) < 4.78 is 5.79. The second-order valence-electron chi connectivity index (χ2n) is 6.48. The van der Waals surface area contributed by atoms with Crippen LogP contribution in [0.25, 0.3) is 6.08 Å². The van der Waals surface area contributed by atoms with Gasteiger partial charge in [-0.15, -0.1) is 0 Å². The number of nitriles is 1. The number of anilines is 1. The van der Waals surface area contributed by atoms with E-state index in [2.05, 4.69) is 11.4 Å². The minimum Gasteiger partial charge on any atom is -0.489 e. The number of rotatable bonds is 6. The van der Waals surface area contributed by atoms with Crippen molar-refractivity contribution in [3.05, 3.63) is 100 Å². The summed E-state index contributed by atoms with van der Waals surface area (Å²) in [5.41, 5.74) is 3.59. The zero-order valence-electron chi connectivity index (χ0n) is 15.9. The summed E-state index contributed by atoms with van der Waals surface area (Å²) in [7, 11) is 0. The predicted octanol–water partition coefficient (Wildman–Crippen LogP) is 5.77. The van der Waals surface area contributed by atoms with Crippen molar-refractivity contribution in [3.63, 3.8) is 0 Å². The Morgan fingerprint density at radius 3 is 2.48 bits per heavy atom. The predicted molar refractivity (Wildman–Crippen MR) is 116 cm³/mol. The van der Waals surface area contributed by atoms with Gasteiger partial charge in [-0.1, -0.05) is 53.6 Å². The molecule has 0 bridgehead atoms. The fraction of sp³-hybridized carbons (Fsp3) is 0.0833. The molecule has 4 nitrogen and oxygen atoms in total. The number of carbonyl (C=O) groups excluding carboxylic acids is 1. The van der Waals surface area contributed by atoms with Crippen LogP contribution in [-0.2, 0) is 11.4 Å². The first-order chi connectivity index (χ1) is 14.0. The second kappa shape index (κ2) is 9.59. The van der Waals surface area contributed by atoms with E-state index in [-0.39, 0.29) is 5.57 Å². The highest BCUT2D eigenvalue weighted by Crippen LogP contribution is 2.18. The normalized spacial score (nSPS) is 10.9. The Morgan fingerprint density at radius 2 is 1.83 bits per heavy atom. The molecule has 1 N–H and O–H groups in total. The van der Waals surface area contributed by atoms with Crippen molar-refractivity contribution < 1.29 is 9.53 Å². The molecule has 0 aliphatic rings. The number of amides is 1. The number of nitrogens with one attached hydrogen (secondary N) is 1. The number of carbonyl (C=O) groups is 1. The van der Waals surface area contributed by atoms with Crippen LogP contribution in [-0.4, -0.2) is 5.91 Å². The van der Waals surface area contributed by atoms with Gasteiger partial charge >= 0.3 is 0 Å². The Labute approximate surface area is 175 Å². The van der Waals surface area contributed by atoms with E-state index in [4.69, 9.17) is 16.3 Å². The van der Waals surface area contributed by atoms with Crippen LogP contribution in [0.5, 0.6) is 5.75 Å². The third kappa shape index (κ3) is 5.97. The second-order valence-corrected chi connectivity index (χ2v) is 6.91. The number of aryl methyl sites for hydroxylation is 1. The number of hydrogen-bond donors (Lipinski definition) is 1. The van der Waals surface area contributed by atoms with Crippen LogP contribution in [0.1, 0.15) is 16.7 Å². The Balaban J connectivity index is 1.64. The molecule has 0 saturated heterocycles. The van der Waals surface area contributed by atoms with Crippen LogP contribution in [0.4, 0.5) is 5.69 Å². The van der Waals surface area contributed by atoms with Crippen molar-refractivity contribution in [1.82, 2.24) is 0 Å². The smallest absolute Gasteiger partial charge is 0.266 e. The Bertz CT molecular complexity index is 1070. The highest BCUT2D eigenvalue weighted by Gasteiger charge is 2.09. The van der Waals surface area contributed by atoms with Crippen LogP contribution in [0.15, 0.2) is 78.4 Å². The lowest BCUT2D eigenvalue weighted by atomic mass is 10.1. The number of ether oxygens (including phenoxy) is 1. The van der Waals surface area contributed by atoms with E-state index < -0.39 is 5.91 Å². The van der Waals surface area contributed by atoms with E-state index in [1.54, 1.807) is 36.4 Å². The molecule has 0 aliphatic heterocycles. The first kappa shape index (κ1) is 20.2. The van der Waals surface area contributed by atoms with Gasteiger partial charge < -0.3 is 10.1 Å². The van der Waals surface area contributed by atoms with E-state index in [1.807, 2.05) is 43.3 Å². The zero-order valence-corrected chi connectivity index (χ0v) is 16.6.